The summed E-state index contributed by atoms with van der Waals surface area (Å²) in [5, 5.41) is 0. The zero-order valence-electron chi connectivity index (χ0n) is 12.0. The average Bonchev–Trinajstić information content (AvgIpc) is 2.62. The Morgan fingerprint density at radius 2 is 1.71 bits per heavy atom. The first-order chi connectivity index (χ1) is 7.82. The van der Waals surface area contributed by atoms with Crippen LogP contribution in [-0.4, -0.2) is 18.5 Å². The van der Waals surface area contributed by atoms with Crippen molar-refractivity contribution < 1.29 is 9.47 Å². The van der Waals surface area contributed by atoms with Gasteiger partial charge in [-0.2, -0.15) is 0 Å². The van der Waals surface area contributed by atoms with Gasteiger partial charge in [-0.1, -0.05) is 34.6 Å². The summed E-state index contributed by atoms with van der Waals surface area (Å²) in [4.78, 5) is 0. The third-order valence-corrected chi connectivity index (χ3v) is 4.47. The van der Waals surface area contributed by atoms with E-state index in [1.165, 1.54) is 18.8 Å². The Labute approximate surface area is 106 Å². The highest BCUT2D eigenvalue weighted by Gasteiger charge is 2.46. The molecular weight excluding hydrogens is 212 g/mol. The van der Waals surface area contributed by atoms with Gasteiger partial charge in [0.2, 0.25) is 0 Å². The Balaban J connectivity index is 1.91. The van der Waals surface area contributed by atoms with Crippen LogP contribution in [0, 0.1) is 17.3 Å². The van der Waals surface area contributed by atoms with Gasteiger partial charge >= 0.3 is 0 Å². The van der Waals surface area contributed by atoms with Gasteiger partial charge in [0, 0.05) is 18.8 Å². The van der Waals surface area contributed by atoms with Crippen LogP contribution in [0.1, 0.15) is 60.3 Å². The van der Waals surface area contributed by atoms with E-state index in [4.69, 9.17) is 9.47 Å². The Bertz CT molecular complexity index is 257. The Kier molecular flexibility index (Phi) is 3.57. The molecule has 2 nitrogen and oxygen atoms in total. The Morgan fingerprint density at radius 1 is 1.12 bits per heavy atom. The molecule has 1 saturated heterocycles. The lowest BCUT2D eigenvalue weighted by molar-refractivity contribution is -0.195. The smallest absolute Gasteiger partial charge is 0.168 e. The first kappa shape index (κ1) is 13.4. The Morgan fingerprint density at radius 3 is 2.12 bits per heavy atom. The highest BCUT2D eigenvalue weighted by molar-refractivity contribution is 4.96. The fraction of sp³-hybridized carbons (Fsp3) is 0.933. The van der Waals surface area contributed by atoms with Crippen LogP contribution in [0.25, 0.3) is 0 Å². The van der Waals surface area contributed by atoms with Crippen molar-refractivity contribution in [1.82, 2.24) is 0 Å². The molecule has 1 heterocycles. The average molecular weight is 239 g/mol. The van der Waals surface area contributed by atoms with E-state index in [2.05, 4.69) is 34.6 Å². The fourth-order valence-corrected chi connectivity index (χ4v) is 3.03. The van der Waals surface area contributed by atoms with Crippen LogP contribution in [0.5, 0.6) is 0 Å². The lowest BCUT2D eigenvalue weighted by atomic mass is 9.71. The quantitative estimate of drug-likeness (QED) is 0.690. The van der Waals surface area contributed by atoms with Gasteiger partial charge in [-0.25, -0.2) is 0 Å². The maximum atomic E-state index is 6.15. The second kappa shape index (κ2) is 4.55. The first-order valence-electron chi connectivity index (χ1n) is 6.94. The molecule has 1 atom stereocenters. The van der Waals surface area contributed by atoms with Crippen molar-refractivity contribution in [3.05, 3.63) is 5.92 Å². The van der Waals surface area contributed by atoms with Crippen molar-refractivity contribution in [3.8, 4) is 0 Å². The molecule has 2 fully saturated rings. The molecule has 1 saturated carbocycles. The molecule has 1 aliphatic heterocycles. The van der Waals surface area contributed by atoms with E-state index in [0.29, 0.717) is 5.41 Å². The summed E-state index contributed by atoms with van der Waals surface area (Å²) in [7, 11) is 0. The van der Waals surface area contributed by atoms with Gasteiger partial charge in [0.05, 0.1) is 12.7 Å². The second-order valence-electron chi connectivity index (χ2n) is 7.05. The molecule has 0 N–H and O–H groups in total. The van der Waals surface area contributed by atoms with Gasteiger partial charge in [0.1, 0.15) is 0 Å². The van der Waals surface area contributed by atoms with Crippen LogP contribution in [0.15, 0.2) is 0 Å². The van der Waals surface area contributed by atoms with E-state index in [1.807, 2.05) is 0 Å². The zero-order chi connectivity index (χ0) is 12.7. The molecule has 1 radical (unpaired) electrons. The normalized spacial score (nSPS) is 39.2. The summed E-state index contributed by atoms with van der Waals surface area (Å²) >= 11 is 0. The molecule has 17 heavy (non-hydrogen) atoms. The fourth-order valence-electron chi connectivity index (χ4n) is 3.03. The molecule has 2 heteroatoms. The van der Waals surface area contributed by atoms with Crippen molar-refractivity contribution in [3.63, 3.8) is 0 Å². The van der Waals surface area contributed by atoms with E-state index in [1.54, 1.807) is 0 Å². The molecular formula is C15H27O2. The van der Waals surface area contributed by atoms with Gasteiger partial charge in [-0.05, 0) is 24.2 Å². The van der Waals surface area contributed by atoms with Gasteiger partial charge in [0.25, 0.3) is 0 Å². The summed E-state index contributed by atoms with van der Waals surface area (Å²) in [5.74, 6) is 1.90. The monoisotopic (exact) mass is 239 g/mol. The second-order valence-corrected chi connectivity index (χ2v) is 7.05. The number of rotatable bonds is 1. The van der Waals surface area contributed by atoms with Gasteiger partial charge in [-0.3, -0.25) is 0 Å². The Hall–Kier alpha value is -0.0800. The van der Waals surface area contributed by atoms with Crippen LogP contribution in [-0.2, 0) is 9.47 Å². The van der Waals surface area contributed by atoms with E-state index < -0.39 is 0 Å². The van der Waals surface area contributed by atoms with Gasteiger partial charge in [-0.15, -0.1) is 0 Å². The highest BCUT2D eigenvalue weighted by Crippen LogP contribution is 2.46. The largest absolute Gasteiger partial charge is 0.347 e. The van der Waals surface area contributed by atoms with Crippen molar-refractivity contribution in [1.29, 1.82) is 0 Å². The molecule has 0 aromatic heterocycles. The molecule has 1 aliphatic carbocycles. The van der Waals surface area contributed by atoms with E-state index in [0.717, 1.165) is 25.4 Å². The van der Waals surface area contributed by atoms with Crippen molar-refractivity contribution >= 4 is 0 Å². The summed E-state index contributed by atoms with van der Waals surface area (Å²) < 4.78 is 12.1. The zero-order valence-corrected chi connectivity index (χ0v) is 12.0. The first-order valence-corrected chi connectivity index (χ1v) is 6.94. The maximum Gasteiger partial charge on any atom is 0.168 e. The van der Waals surface area contributed by atoms with E-state index >= 15 is 0 Å². The van der Waals surface area contributed by atoms with Crippen LogP contribution < -0.4 is 0 Å². The lowest BCUT2D eigenvalue weighted by Crippen LogP contribution is -2.39. The van der Waals surface area contributed by atoms with E-state index in [9.17, 15) is 0 Å². The van der Waals surface area contributed by atoms with Gasteiger partial charge < -0.3 is 9.47 Å². The summed E-state index contributed by atoms with van der Waals surface area (Å²) in [6.07, 6.45) is 4.83. The lowest BCUT2D eigenvalue weighted by Gasteiger charge is -2.41. The summed E-state index contributed by atoms with van der Waals surface area (Å²) in [6, 6.07) is 0. The minimum Gasteiger partial charge on any atom is -0.347 e. The van der Waals surface area contributed by atoms with Crippen molar-refractivity contribution in [2.45, 2.75) is 72.2 Å². The molecule has 0 aromatic rings. The standard InChI is InChI=1S/C15H27O2/c1-11(2)13-10-16-15(17-13)8-6-12(7-9-15)14(3,4)5/h12-13H,6-10H2,1-5H3. The molecule has 0 amide bonds. The van der Waals surface area contributed by atoms with Crippen LogP contribution in [0.4, 0.5) is 0 Å². The topological polar surface area (TPSA) is 18.5 Å². The molecule has 1 unspecified atom stereocenters. The number of hydrogen-bond acceptors (Lipinski definition) is 2. The third kappa shape index (κ3) is 2.85. The highest BCUT2D eigenvalue weighted by atomic mass is 16.7. The number of hydrogen-bond donors (Lipinski definition) is 0. The predicted octanol–water partition coefficient (Wildman–Crippen LogP) is 3.95. The van der Waals surface area contributed by atoms with Gasteiger partial charge in [0.15, 0.2) is 5.79 Å². The molecule has 99 valence electrons. The van der Waals surface area contributed by atoms with E-state index in [-0.39, 0.29) is 11.9 Å². The summed E-state index contributed by atoms with van der Waals surface area (Å²) in [6.45, 7) is 12.1. The third-order valence-electron chi connectivity index (χ3n) is 4.47. The van der Waals surface area contributed by atoms with Crippen LogP contribution in [0.2, 0.25) is 0 Å². The molecule has 1 spiro atoms. The minimum absolute atomic E-state index is 0.223. The SMILES string of the molecule is C[C](C)C1COC2(CCC(C(C)(C)C)CC2)O1. The molecule has 0 aromatic carbocycles. The molecule has 2 rings (SSSR count). The number of ether oxygens (including phenoxy) is 2. The molecule has 2 aliphatic rings. The van der Waals surface area contributed by atoms with Crippen molar-refractivity contribution in [2.24, 2.45) is 11.3 Å². The van der Waals surface area contributed by atoms with Crippen molar-refractivity contribution in [2.75, 3.05) is 6.61 Å². The molecule has 0 bridgehead atoms. The predicted molar refractivity (Wildman–Crippen MR) is 69.6 cm³/mol. The van der Waals surface area contributed by atoms with Crippen LogP contribution in [0.3, 0.4) is 0 Å². The van der Waals surface area contributed by atoms with Crippen LogP contribution >= 0.6 is 0 Å². The minimum atomic E-state index is -0.246. The maximum absolute atomic E-state index is 6.15. The summed E-state index contributed by atoms with van der Waals surface area (Å²) in [5.41, 5.74) is 0.423.